The number of nitrogens with two attached hydrogens (primary N) is 1. The van der Waals surface area contributed by atoms with Gasteiger partial charge in [0.05, 0.1) is 18.1 Å². The predicted molar refractivity (Wildman–Crippen MR) is 111 cm³/mol. The normalized spacial score (nSPS) is 18.8. The fraction of sp³-hybridized carbons (Fsp3) is 0.500. The molecule has 1 amide bonds. The zero-order valence-corrected chi connectivity index (χ0v) is 17.9. The highest BCUT2D eigenvalue weighted by Crippen LogP contribution is 2.32. The van der Waals surface area contributed by atoms with Gasteiger partial charge in [-0.05, 0) is 20.8 Å². The maximum atomic E-state index is 12.3. The third kappa shape index (κ3) is 4.03. The summed E-state index contributed by atoms with van der Waals surface area (Å²) < 4.78 is 15.0. The minimum absolute atomic E-state index is 0.0588. The van der Waals surface area contributed by atoms with Crippen LogP contribution in [0.15, 0.2) is 24.7 Å². The van der Waals surface area contributed by atoms with Crippen LogP contribution >= 0.6 is 0 Å². The molecule has 1 aliphatic rings. The molecule has 0 radical (unpaired) electrons. The second kappa shape index (κ2) is 7.19. The molecule has 30 heavy (non-hydrogen) atoms. The molecule has 3 aromatic rings. The van der Waals surface area contributed by atoms with E-state index in [1.165, 1.54) is 0 Å². The fourth-order valence-electron chi connectivity index (χ4n) is 3.35. The lowest BCUT2D eigenvalue weighted by Crippen LogP contribution is -2.51. The Balaban J connectivity index is 1.49. The molecule has 10 heteroatoms. The molecule has 160 valence electrons. The lowest BCUT2D eigenvalue weighted by Gasteiger charge is -2.40. The van der Waals surface area contributed by atoms with Crippen molar-refractivity contribution in [3.63, 3.8) is 0 Å². The van der Waals surface area contributed by atoms with Crippen LogP contribution in [0.2, 0.25) is 0 Å². The summed E-state index contributed by atoms with van der Waals surface area (Å²) in [5.74, 6) is 0.852. The lowest BCUT2D eigenvalue weighted by molar-refractivity contribution is -0.00936. The average Bonchev–Trinajstić information content (AvgIpc) is 3.20. The Bertz CT molecular complexity index is 1080. The molecular formula is C20H27N7O3. The van der Waals surface area contributed by atoms with Crippen LogP contribution in [0.5, 0.6) is 5.88 Å². The van der Waals surface area contributed by atoms with Crippen molar-refractivity contribution in [2.45, 2.75) is 51.4 Å². The minimum Gasteiger partial charge on any atom is -0.473 e. The van der Waals surface area contributed by atoms with Crippen molar-refractivity contribution in [2.75, 3.05) is 12.8 Å². The first-order valence-corrected chi connectivity index (χ1v) is 9.86. The molecule has 2 N–H and O–H groups in total. The van der Waals surface area contributed by atoms with Crippen LogP contribution in [0, 0.1) is 0 Å². The Labute approximate surface area is 174 Å². The molecule has 0 spiro atoms. The van der Waals surface area contributed by atoms with E-state index in [1.807, 2.05) is 34.0 Å². The summed E-state index contributed by atoms with van der Waals surface area (Å²) in [5, 5.41) is 8.50. The van der Waals surface area contributed by atoms with Crippen molar-refractivity contribution in [3.05, 3.63) is 24.7 Å². The quantitative estimate of drug-likeness (QED) is 0.699. The van der Waals surface area contributed by atoms with E-state index >= 15 is 0 Å². The van der Waals surface area contributed by atoms with Gasteiger partial charge < -0.3 is 20.1 Å². The zero-order chi connectivity index (χ0) is 21.6. The Kier molecular flexibility index (Phi) is 4.79. The van der Waals surface area contributed by atoms with Gasteiger partial charge >= 0.3 is 6.09 Å². The highest BCUT2D eigenvalue weighted by atomic mass is 16.6. The van der Waals surface area contributed by atoms with Crippen molar-refractivity contribution in [2.24, 2.45) is 7.05 Å². The number of rotatable bonds is 4. The molecule has 4 rings (SSSR count). The second-order valence-corrected chi connectivity index (χ2v) is 8.69. The van der Waals surface area contributed by atoms with Crippen molar-refractivity contribution in [1.29, 1.82) is 0 Å². The van der Waals surface area contributed by atoms with E-state index in [-0.39, 0.29) is 18.2 Å². The number of carbonyl (C=O) groups excluding carboxylic acids is 1. The number of hydrogen-bond donors (Lipinski definition) is 1. The van der Waals surface area contributed by atoms with Gasteiger partial charge in [0, 0.05) is 50.8 Å². The smallest absolute Gasteiger partial charge is 0.410 e. The molecule has 0 aromatic carbocycles. The molecule has 0 bridgehead atoms. The summed E-state index contributed by atoms with van der Waals surface area (Å²) in [6.45, 7) is 5.57. The average molecular weight is 413 g/mol. The standard InChI is InChI=1S/C20H27N7O3/c1-20(2,3)30-19(28)26(5)13-6-14(7-13)29-18-16-8-17(21)24-27(16)11-15(23-18)12-9-22-25(4)10-12/h8-11,13-14H,6-7H2,1-5H3,(H2,21,24)/t13-,14+. The summed E-state index contributed by atoms with van der Waals surface area (Å²) in [5.41, 5.74) is 7.61. The van der Waals surface area contributed by atoms with Gasteiger partial charge in [0.2, 0.25) is 5.88 Å². The van der Waals surface area contributed by atoms with E-state index in [1.54, 1.807) is 39.6 Å². The first-order valence-electron chi connectivity index (χ1n) is 9.86. The molecule has 0 saturated heterocycles. The van der Waals surface area contributed by atoms with Crippen molar-refractivity contribution < 1.29 is 14.3 Å². The van der Waals surface area contributed by atoms with Gasteiger partial charge in [0.1, 0.15) is 23.0 Å². The first-order chi connectivity index (χ1) is 14.1. The number of hydrogen-bond acceptors (Lipinski definition) is 7. The predicted octanol–water partition coefficient (Wildman–Crippen LogP) is 2.49. The SMILES string of the molecule is Cn1cc(-c2cn3nc(N)cc3c(O[C@H]3C[C@@H](N(C)C(=O)OC(C)(C)C)C3)n2)cn1. The summed E-state index contributed by atoms with van der Waals surface area (Å²) in [7, 11) is 3.60. The van der Waals surface area contributed by atoms with Crippen LogP contribution in [0.25, 0.3) is 16.8 Å². The van der Waals surface area contributed by atoms with E-state index in [2.05, 4.69) is 15.2 Å². The maximum Gasteiger partial charge on any atom is 0.410 e. The number of nitrogens with zero attached hydrogens (tertiary/aromatic N) is 6. The molecule has 1 saturated carbocycles. The number of nitrogen functional groups attached to an aromatic ring is 1. The monoisotopic (exact) mass is 413 g/mol. The molecule has 0 unspecified atom stereocenters. The summed E-state index contributed by atoms with van der Waals surface area (Å²) >= 11 is 0. The Morgan fingerprint density at radius 1 is 1.30 bits per heavy atom. The molecule has 3 aromatic heterocycles. The number of anilines is 1. The molecule has 1 aliphatic carbocycles. The highest BCUT2D eigenvalue weighted by molar-refractivity contribution is 5.68. The van der Waals surface area contributed by atoms with Crippen LogP contribution in [-0.2, 0) is 11.8 Å². The van der Waals surface area contributed by atoms with Gasteiger partial charge in [0.15, 0.2) is 0 Å². The number of amides is 1. The zero-order valence-electron chi connectivity index (χ0n) is 17.9. The highest BCUT2D eigenvalue weighted by Gasteiger charge is 2.38. The largest absolute Gasteiger partial charge is 0.473 e. The number of carbonyl (C=O) groups is 1. The van der Waals surface area contributed by atoms with Crippen LogP contribution < -0.4 is 10.5 Å². The number of ether oxygens (including phenoxy) is 2. The maximum absolute atomic E-state index is 12.3. The van der Waals surface area contributed by atoms with Crippen molar-refractivity contribution >= 4 is 17.4 Å². The Morgan fingerprint density at radius 2 is 2.03 bits per heavy atom. The third-order valence-electron chi connectivity index (χ3n) is 5.02. The van der Waals surface area contributed by atoms with Crippen LogP contribution in [0.3, 0.4) is 0 Å². The van der Waals surface area contributed by atoms with Crippen molar-refractivity contribution in [1.82, 2.24) is 29.3 Å². The minimum atomic E-state index is -0.519. The van der Waals surface area contributed by atoms with E-state index < -0.39 is 5.60 Å². The van der Waals surface area contributed by atoms with Gasteiger partial charge in [-0.3, -0.25) is 4.68 Å². The van der Waals surface area contributed by atoms with Crippen LogP contribution in [-0.4, -0.2) is 60.2 Å². The van der Waals surface area contributed by atoms with E-state index in [0.717, 1.165) is 5.56 Å². The third-order valence-corrected chi connectivity index (χ3v) is 5.02. The first kappa shape index (κ1) is 20.0. The van der Waals surface area contributed by atoms with Gasteiger partial charge in [0.25, 0.3) is 0 Å². The molecule has 3 heterocycles. The number of aryl methyl sites for hydroxylation is 1. The fourth-order valence-corrected chi connectivity index (χ4v) is 3.35. The molecular weight excluding hydrogens is 386 g/mol. The lowest BCUT2D eigenvalue weighted by atomic mass is 9.88. The van der Waals surface area contributed by atoms with Gasteiger partial charge in [-0.2, -0.15) is 10.2 Å². The van der Waals surface area contributed by atoms with Gasteiger partial charge in [-0.15, -0.1) is 0 Å². The van der Waals surface area contributed by atoms with Gasteiger partial charge in [-0.1, -0.05) is 0 Å². The van der Waals surface area contributed by atoms with Crippen LogP contribution in [0.1, 0.15) is 33.6 Å². The molecule has 0 aliphatic heterocycles. The van der Waals surface area contributed by atoms with E-state index in [4.69, 9.17) is 15.2 Å². The van der Waals surface area contributed by atoms with E-state index in [0.29, 0.717) is 35.8 Å². The van der Waals surface area contributed by atoms with Crippen LogP contribution in [0.4, 0.5) is 10.6 Å². The Hall–Kier alpha value is -3.30. The summed E-state index contributed by atoms with van der Waals surface area (Å²) in [6, 6.07) is 1.80. The van der Waals surface area contributed by atoms with E-state index in [9.17, 15) is 4.79 Å². The van der Waals surface area contributed by atoms with Gasteiger partial charge in [-0.25, -0.2) is 14.3 Å². The summed E-state index contributed by atoms with van der Waals surface area (Å²) in [6.07, 6.45) is 6.43. The number of aromatic nitrogens is 5. The second-order valence-electron chi connectivity index (χ2n) is 8.69. The summed E-state index contributed by atoms with van der Waals surface area (Å²) in [4.78, 5) is 18.6. The molecule has 1 fully saturated rings. The number of fused-ring (bicyclic) bond motifs is 1. The molecule has 10 nitrogen and oxygen atoms in total. The molecule has 0 atom stereocenters. The van der Waals surface area contributed by atoms with Crippen molar-refractivity contribution in [3.8, 4) is 17.1 Å². The Morgan fingerprint density at radius 3 is 2.67 bits per heavy atom. The topological polar surface area (TPSA) is 113 Å².